The van der Waals surface area contributed by atoms with Crippen molar-refractivity contribution in [1.82, 2.24) is 4.90 Å². The molecular formula is C16H20F3NO3. The molecule has 1 aliphatic rings. The normalized spacial score (nSPS) is 20.0. The topological polar surface area (TPSA) is 49.8 Å². The van der Waals surface area contributed by atoms with Gasteiger partial charge in [0.05, 0.1) is 18.2 Å². The summed E-state index contributed by atoms with van der Waals surface area (Å²) in [6.45, 7) is 4.68. The Hall–Kier alpha value is -1.76. The summed E-state index contributed by atoms with van der Waals surface area (Å²) in [4.78, 5) is 13.2. The van der Waals surface area contributed by atoms with Crippen LogP contribution in [0.3, 0.4) is 0 Å². The molecule has 0 radical (unpaired) electrons. The predicted molar refractivity (Wildman–Crippen MR) is 77.8 cm³/mol. The predicted octanol–water partition coefficient (Wildman–Crippen LogP) is 3.09. The smallest absolute Gasteiger partial charge is 0.416 e. The number of ether oxygens (including phenoxy) is 1. The highest BCUT2D eigenvalue weighted by atomic mass is 19.4. The highest BCUT2D eigenvalue weighted by molar-refractivity contribution is 5.70. The average molecular weight is 331 g/mol. The van der Waals surface area contributed by atoms with Crippen LogP contribution in [0.25, 0.3) is 0 Å². The van der Waals surface area contributed by atoms with Crippen LogP contribution in [-0.4, -0.2) is 41.4 Å². The zero-order valence-corrected chi connectivity index (χ0v) is 13.0. The van der Waals surface area contributed by atoms with Crippen LogP contribution in [0.4, 0.5) is 18.0 Å². The minimum absolute atomic E-state index is 0.00259. The van der Waals surface area contributed by atoms with Gasteiger partial charge < -0.3 is 14.7 Å². The second-order valence-corrected chi connectivity index (χ2v) is 6.19. The van der Waals surface area contributed by atoms with Crippen molar-refractivity contribution in [3.05, 3.63) is 35.4 Å². The van der Waals surface area contributed by atoms with E-state index in [0.29, 0.717) is 12.1 Å². The van der Waals surface area contributed by atoms with Crippen molar-refractivity contribution < 1.29 is 27.8 Å². The quantitative estimate of drug-likeness (QED) is 0.902. The molecule has 23 heavy (non-hydrogen) atoms. The number of rotatable bonds is 5. The van der Waals surface area contributed by atoms with Crippen molar-refractivity contribution in [1.29, 1.82) is 0 Å². The molecule has 0 aromatic heterocycles. The molecule has 1 amide bonds. The van der Waals surface area contributed by atoms with Crippen LogP contribution in [-0.2, 0) is 17.3 Å². The summed E-state index contributed by atoms with van der Waals surface area (Å²) >= 11 is 0. The number of aliphatic hydroxyl groups is 1. The zero-order chi connectivity index (χ0) is 17.2. The molecular weight excluding hydrogens is 311 g/mol. The van der Waals surface area contributed by atoms with Gasteiger partial charge in [-0.2, -0.15) is 13.2 Å². The fraction of sp³-hybridized carbons (Fsp3) is 0.562. The number of nitrogens with zero attached hydrogens (tertiary/aromatic N) is 1. The maximum absolute atomic E-state index is 12.7. The minimum Gasteiger partial charge on any atom is -0.441 e. The van der Waals surface area contributed by atoms with Gasteiger partial charge >= 0.3 is 12.3 Å². The second-order valence-electron chi connectivity index (χ2n) is 6.19. The van der Waals surface area contributed by atoms with Crippen LogP contribution >= 0.6 is 0 Å². The van der Waals surface area contributed by atoms with Crippen LogP contribution in [0.2, 0.25) is 0 Å². The average Bonchev–Trinajstić information content (AvgIpc) is 2.79. The third-order valence-corrected chi connectivity index (χ3v) is 3.62. The van der Waals surface area contributed by atoms with Gasteiger partial charge in [0.2, 0.25) is 0 Å². The molecule has 1 aromatic carbocycles. The van der Waals surface area contributed by atoms with E-state index in [4.69, 9.17) is 4.74 Å². The monoisotopic (exact) mass is 331 g/mol. The zero-order valence-electron chi connectivity index (χ0n) is 13.0. The number of carbonyl (C=O) groups is 1. The van der Waals surface area contributed by atoms with Crippen LogP contribution in [0.15, 0.2) is 24.3 Å². The van der Waals surface area contributed by atoms with Gasteiger partial charge in [-0.05, 0) is 17.5 Å². The molecule has 2 atom stereocenters. The number of cyclic esters (lactones) is 1. The van der Waals surface area contributed by atoms with E-state index >= 15 is 0 Å². The van der Waals surface area contributed by atoms with Gasteiger partial charge in [0.1, 0.15) is 6.10 Å². The standard InChI is InChI=1S/C16H20F3NO3/c1-10(2)8-20-9-14(23-15(20)22)13(21)7-11-4-3-5-12(6-11)16(17,18)19/h3-6,10,13-14,21H,7-9H2,1-2H3. The van der Waals surface area contributed by atoms with E-state index in [1.54, 1.807) is 0 Å². The summed E-state index contributed by atoms with van der Waals surface area (Å²) < 4.78 is 43.2. The van der Waals surface area contributed by atoms with Gasteiger partial charge in [-0.15, -0.1) is 0 Å². The summed E-state index contributed by atoms with van der Waals surface area (Å²) in [7, 11) is 0. The van der Waals surface area contributed by atoms with E-state index in [0.717, 1.165) is 12.1 Å². The van der Waals surface area contributed by atoms with E-state index in [1.807, 2.05) is 13.8 Å². The Bertz CT molecular complexity index is 560. The lowest BCUT2D eigenvalue weighted by atomic mass is 10.0. The van der Waals surface area contributed by atoms with Crippen LogP contribution in [0, 0.1) is 5.92 Å². The number of halogens is 3. The summed E-state index contributed by atoms with van der Waals surface area (Å²) in [6, 6.07) is 4.81. The fourth-order valence-electron chi connectivity index (χ4n) is 2.57. The number of carbonyl (C=O) groups excluding carboxylic acids is 1. The van der Waals surface area contributed by atoms with Gasteiger partial charge in [-0.25, -0.2) is 4.79 Å². The van der Waals surface area contributed by atoms with Crippen LogP contribution in [0.1, 0.15) is 25.0 Å². The van der Waals surface area contributed by atoms with Gasteiger partial charge in [0.15, 0.2) is 0 Å². The molecule has 1 aromatic rings. The molecule has 1 aliphatic heterocycles. The Balaban J connectivity index is 2.00. The van der Waals surface area contributed by atoms with E-state index in [-0.39, 0.29) is 18.9 Å². The number of amides is 1. The largest absolute Gasteiger partial charge is 0.441 e. The SMILES string of the molecule is CC(C)CN1CC(C(O)Cc2cccc(C(F)(F)F)c2)OC1=O. The van der Waals surface area contributed by atoms with E-state index in [1.165, 1.54) is 17.0 Å². The molecule has 0 spiro atoms. The minimum atomic E-state index is -4.42. The molecule has 0 bridgehead atoms. The van der Waals surface area contributed by atoms with Crippen molar-refractivity contribution in [3.8, 4) is 0 Å². The first-order valence-corrected chi connectivity index (χ1v) is 7.46. The van der Waals surface area contributed by atoms with E-state index in [9.17, 15) is 23.1 Å². The van der Waals surface area contributed by atoms with Crippen molar-refractivity contribution in [2.45, 2.75) is 38.7 Å². The third kappa shape index (κ3) is 4.60. The lowest BCUT2D eigenvalue weighted by Crippen LogP contribution is -2.34. The summed E-state index contributed by atoms with van der Waals surface area (Å²) in [5.74, 6) is 0.266. The summed E-state index contributed by atoms with van der Waals surface area (Å²) in [5.41, 5.74) is -0.405. The molecule has 0 saturated carbocycles. The number of benzene rings is 1. The van der Waals surface area contributed by atoms with Gasteiger partial charge in [-0.1, -0.05) is 32.0 Å². The van der Waals surface area contributed by atoms with Gasteiger partial charge in [0.25, 0.3) is 0 Å². The molecule has 0 aliphatic carbocycles. The molecule has 2 rings (SSSR count). The lowest BCUT2D eigenvalue weighted by molar-refractivity contribution is -0.137. The third-order valence-electron chi connectivity index (χ3n) is 3.62. The van der Waals surface area contributed by atoms with Crippen molar-refractivity contribution in [3.63, 3.8) is 0 Å². The molecule has 4 nitrogen and oxygen atoms in total. The Morgan fingerprint density at radius 3 is 2.70 bits per heavy atom. The Morgan fingerprint density at radius 1 is 1.39 bits per heavy atom. The van der Waals surface area contributed by atoms with Crippen LogP contribution < -0.4 is 0 Å². The maximum Gasteiger partial charge on any atom is 0.416 e. The molecule has 2 unspecified atom stereocenters. The van der Waals surface area contributed by atoms with Crippen molar-refractivity contribution in [2.75, 3.05) is 13.1 Å². The molecule has 128 valence electrons. The van der Waals surface area contributed by atoms with Gasteiger partial charge in [0, 0.05) is 13.0 Å². The number of hydrogen-bond acceptors (Lipinski definition) is 3. The molecule has 1 saturated heterocycles. The first kappa shape index (κ1) is 17.6. The number of aliphatic hydroxyl groups excluding tert-OH is 1. The highest BCUT2D eigenvalue weighted by Gasteiger charge is 2.36. The van der Waals surface area contributed by atoms with Gasteiger partial charge in [-0.3, -0.25) is 0 Å². The second kappa shape index (κ2) is 6.78. The Morgan fingerprint density at radius 2 is 2.09 bits per heavy atom. The fourth-order valence-corrected chi connectivity index (χ4v) is 2.57. The Labute approximate surface area is 132 Å². The summed E-state index contributed by atoms with van der Waals surface area (Å²) in [6.07, 6.45) is -6.69. The lowest BCUT2D eigenvalue weighted by Gasteiger charge is -2.18. The van der Waals surface area contributed by atoms with Crippen LogP contribution in [0.5, 0.6) is 0 Å². The number of hydrogen-bond donors (Lipinski definition) is 1. The molecule has 1 N–H and O–H groups in total. The van der Waals surface area contributed by atoms with E-state index < -0.39 is 30.0 Å². The molecule has 1 heterocycles. The maximum atomic E-state index is 12.7. The van der Waals surface area contributed by atoms with Crippen molar-refractivity contribution >= 4 is 6.09 Å². The van der Waals surface area contributed by atoms with Crippen molar-refractivity contribution in [2.24, 2.45) is 5.92 Å². The first-order valence-electron chi connectivity index (χ1n) is 7.46. The molecule has 1 fully saturated rings. The first-order chi connectivity index (χ1) is 10.7. The van der Waals surface area contributed by atoms with E-state index in [2.05, 4.69) is 0 Å². The summed E-state index contributed by atoms with van der Waals surface area (Å²) in [5, 5.41) is 10.2. The molecule has 7 heteroatoms. The Kier molecular flexibility index (Phi) is 5.19. The number of alkyl halides is 3. The highest BCUT2D eigenvalue weighted by Crippen LogP contribution is 2.30.